The molecular weight excluding hydrogens is 414 g/mol. The lowest BCUT2D eigenvalue weighted by molar-refractivity contribution is 0.0664. The molecule has 29 heavy (non-hydrogen) atoms. The van der Waals surface area contributed by atoms with Crippen LogP contribution in [0.4, 0.5) is 5.69 Å². The molecule has 2 aromatic rings. The van der Waals surface area contributed by atoms with Crippen molar-refractivity contribution in [1.82, 2.24) is 9.80 Å². The van der Waals surface area contributed by atoms with E-state index in [1.807, 2.05) is 7.05 Å². The molecular formula is C19H23N3O5S2. The van der Waals surface area contributed by atoms with Crippen molar-refractivity contribution >= 4 is 31.5 Å². The molecule has 1 aliphatic rings. The van der Waals surface area contributed by atoms with Gasteiger partial charge in [0.05, 0.1) is 9.79 Å². The smallest absolute Gasteiger partial charge is 0.261 e. The molecule has 0 radical (unpaired) electrons. The first kappa shape index (κ1) is 21.3. The maximum atomic E-state index is 12.6. The van der Waals surface area contributed by atoms with Gasteiger partial charge in [0.1, 0.15) is 0 Å². The highest BCUT2D eigenvalue weighted by atomic mass is 32.2. The van der Waals surface area contributed by atoms with Gasteiger partial charge in [-0.15, -0.1) is 0 Å². The molecule has 3 rings (SSSR count). The van der Waals surface area contributed by atoms with Crippen molar-refractivity contribution in [1.29, 1.82) is 0 Å². The normalized spacial score (nSPS) is 15.9. The van der Waals surface area contributed by atoms with E-state index in [1.54, 1.807) is 17.0 Å². The Morgan fingerprint density at radius 3 is 1.86 bits per heavy atom. The molecule has 0 spiro atoms. The first-order valence-corrected chi connectivity index (χ1v) is 12.3. The standard InChI is InChI=1S/C19H23N3O5S2/c1-21-11-13-22(14-12-21)19(23)15-3-5-16(6-4-15)20-29(26,27)18-9-7-17(8-10-18)28(2,24)25/h3-10,20H,11-14H2,1-2H3. The number of nitrogens with one attached hydrogen (secondary N) is 1. The number of nitrogens with zero attached hydrogens (tertiary/aromatic N) is 2. The zero-order chi connectivity index (χ0) is 21.2. The van der Waals surface area contributed by atoms with Crippen LogP contribution in [0.3, 0.4) is 0 Å². The quantitative estimate of drug-likeness (QED) is 0.756. The number of sulfone groups is 1. The van der Waals surface area contributed by atoms with Gasteiger partial charge in [-0.1, -0.05) is 0 Å². The summed E-state index contributed by atoms with van der Waals surface area (Å²) in [5.41, 5.74) is 0.808. The number of benzene rings is 2. The molecule has 1 aliphatic heterocycles. The molecule has 10 heteroatoms. The van der Waals surface area contributed by atoms with Crippen LogP contribution in [-0.2, 0) is 19.9 Å². The van der Waals surface area contributed by atoms with Crippen molar-refractivity contribution in [2.45, 2.75) is 9.79 Å². The Labute approximate surface area is 171 Å². The minimum atomic E-state index is -3.88. The topological polar surface area (TPSA) is 104 Å². The van der Waals surface area contributed by atoms with Crippen molar-refractivity contribution in [2.75, 3.05) is 44.2 Å². The molecule has 2 aromatic carbocycles. The predicted octanol–water partition coefficient (Wildman–Crippen LogP) is 1.28. The minimum absolute atomic E-state index is 0.0446. The Hall–Kier alpha value is -2.43. The van der Waals surface area contributed by atoms with E-state index in [0.29, 0.717) is 24.3 Å². The summed E-state index contributed by atoms with van der Waals surface area (Å²) in [5, 5.41) is 0. The maximum absolute atomic E-state index is 12.6. The average Bonchev–Trinajstić information content (AvgIpc) is 2.68. The Morgan fingerprint density at radius 2 is 1.34 bits per heavy atom. The van der Waals surface area contributed by atoms with Crippen LogP contribution in [-0.4, -0.2) is 72.0 Å². The first-order chi connectivity index (χ1) is 13.6. The van der Waals surface area contributed by atoms with Crippen molar-refractivity contribution in [3.05, 3.63) is 54.1 Å². The lowest BCUT2D eigenvalue weighted by atomic mass is 10.1. The van der Waals surface area contributed by atoms with E-state index in [2.05, 4.69) is 9.62 Å². The second kappa shape index (κ2) is 8.13. The number of carbonyl (C=O) groups is 1. The third kappa shape index (κ3) is 5.14. The van der Waals surface area contributed by atoms with Crippen molar-refractivity contribution < 1.29 is 21.6 Å². The fraction of sp³-hybridized carbons (Fsp3) is 0.316. The lowest BCUT2D eigenvalue weighted by Gasteiger charge is -2.32. The molecule has 1 fully saturated rings. The van der Waals surface area contributed by atoms with Crippen molar-refractivity contribution in [3.8, 4) is 0 Å². The Morgan fingerprint density at radius 1 is 0.828 bits per heavy atom. The number of likely N-dealkylation sites (N-methyl/N-ethyl adjacent to an activating group) is 1. The summed E-state index contributed by atoms with van der Waals surface area (Å²) in [4.78, 5) is 16.5. The highest BCUT2D eigenvalue weighted by Crippen LogP contribution is 2.19. The van der Waals surface area contributed by atoms with E-state index < -0.39 is 19.9 Å². The molecule has 1 amide bonds. The summed E-state index contributed by atoms with van der Waals surface area (Å²) >= 11 is 0. The van der Waals surface area contributed by atoms with Gasteiger partial charge in [-0.2, -0.15) is 0 Å². The Balaban J connectivity index is 1.71. The molecule has 0 unspecified atom stereocenters. The van der Waals surface area contributed by atoms with Crippen LogP contribution >= 0.6 is 0 Å². The molecule has 156 valence electrons. The second-order valence-electron chi connectivity index (χ2n) is 7.02. The monoisotopic (exact) mass is 437 g/mol. The number of amides is 1. The molecule has 1 heterocycles. The zero-order valence-electron chi connectivity index (χ0n) is 16.2. The highest BCUT2D eigenvalue weighted by Gasteiger charge is 2.21. The van der Waals surface area contributed by atoms with Crippen LogP contribution in [0.5, 0.6) is 0 Å². The number of hydrogen-bond acceptors (Lipinski definition) is 6. The van der Waals surface area contributed by atoms with Crippen molar-refractivity contribution in [3.63, 3.8) is 0 Å². The predicted molar refractivity (Wildman–Crippen MR) is 110 cm³/mol. The molecule has 1 N–H and O–H groups in total. The van der Waals surface area contributed by atoms with Crippen LogP contribution in [0.15, 0.2) is 58.3 Å². The minimum Gasteiger partial charge on any atom is -0.336 e. The van der Waals surface area contributed by atoms with Gasteiger partial charge in [-0.05, 0) is 55.6 Å². The van der Waals surface area contributed by atoms with E-state index in [1.165, 1.54) is 36.4 Å². The summed E-state index contributed by atoms with van der Waals surface area (Å²) in [6.45, 7) is 2.96. The number of rotatable bonds is 5. The summed E-state index contributed by atoms with van der Waals surface area (Å²) in [7, 11) is -5.27. The fourth-order valence-corrected chi connectivity index (χ4v) is 4.64. The molecule has 0 saturated carbocycles. The third-order valence-electron chi connectivity index (χ3n) is 4.74. The zero-order valence-corrected chi connectivity index (χ0v) is 17.8. The summed E-state index contributed by atoms with van der Waals surface area (Å²) < 4.78 is 50.5. The van der Waals surface area contributed by atoms with Gasteiger partial charge >= 0.3 is 0 Å². The van der Waals surface area contributed by atoms with Crippen LogP contribution in [0.2, 0.25) is 0 Å². The summed E-state index contributed by atoms with van der Waals surface area (Å²) in [6, 6.07) is 11.2. The van der Waals surface area contributed by atoms with E-state index in [9.17, 15) is 21.6 Å². The van der Waals surface area contributed by atoms with Gasteiger partial charge < -0.3 is 9.80 Å². The Kier molecular flexibility index (Phi) is 5.97. The first-order valence-electron chi connectivity index (χ1n) is 8.97. The van der Waals surface area contributed by atoms with Crippen LogP contribution < -0.4 is 4.72 Å². The van der Waals surface area contributed by atoms with Gasteiger partial charge in [-0.25, -0.2) is 16.8 Å². The van der Waals surface area contributed by atoms with E-state index in [0.717, 1.165) is 19.3 Å². The number of hydrogen-bond donors (Lipinski definition) is 1. The third-order valence-corrected chi connectivity index (χ3v) is 7.26. The van der Waals surface area contributed by atoms with Crippen LogP contribution in [0.1, 0.15) is 10.4 Å². The van der Waals surface area contributed by atoms with Gasteiger partial charge in [0.2, 0.25) is 0 Å². The summed E-state index contributed by atoms with van der Waals surface area (Å²) in [6.07, 6.45) is 1.06. The van der Waals surface area contributed by atoms with Gasteiger partial charge in [0.25, 0.3) is 15.9 Å². The largest absolute Gasteiger partial charge is 0.336 e. The molecule has 8 nitrogen and oxygen atoms in total. The second-order valence-corrected chi connectivity index (χ2v) is 10.7. The highest BCUT2D eigenvalue weighted by molar-refractivity contribution is 7.92. The lowest BCUT2D eigenvalue weighted by Crippen LogP contribution is -2.47. The Bertz CT molecular complexity index is 1090. The average molecular weight is 438 g/mol. The molecule has 0 atom stereocenters. The number of sulfonamides is 1. The fourth-order valence-electron chi connectivity index (χ4n) is 2.95. The summed E-state index contributed by atoms with van der Waals surface area (Å²) in [5.74, 6) is -0.0797. The van der Waals surface area contributed by atoms with Gasteiger partial charge in [0.15, 0.2) is 9.84 Å². The van der Waals surface area contributed by atoms with Gasteiger partial charge in [0, 0.05) is 43.7 Å². The van der Waals surface area contributed by atoms with Gasteiger partial charge in [-0.3, -0.25) is 9.52 Å². The number of piperazine rings is 1. The van der Waals surface area contributed by atoms with E-state index in [-0.39, 0.29) is 15.7 Å². The molecule has 0 aromatic heterocycles. The maximum Gasteiger partial charge on any atom is 0.261 e. The number of anilines is 1. The van der Waals surface area contributed by atoms with Crippen LogP contribution in [0, 0.1) is 0 Å². The van der Waals surface area contributed by atoms with Crippen molar-refractivity contribution in [2.24, 2.45) is 0 Å². The number of carbonyl (C=O) groups excluding carboxylic acids is 1. The molecule has 0 aliphatic carbocycles. The molecule has 0 bridgehead atoms. The van der Waals surface area contributed by atoms with Crippen LogP contribution in [0.25, 0.3) is 0 Å². The van der Waals surface area contributed by atoms with E-state index >= 15 is 0 Å². The van der Waals surface area contributed by atoms with E-state index in [4.69, 9.17) is 0 Å². The SMILES string of the molecule is CN1CCN(C(=O)c2ccc(NS(=O)(=O)c3ccc(S(C)(=O)=O)cc3)cc2)CC1. The molecule has 1 saturated heterocycles.